The van der Waals surface area contributed by atoms with Gasteiger partial charge in [0.1, 0.15) is 5.78 Å². The summed E-state index contributed by atoms with van der Waals surface area (Å²) in [5.41, 5.74) is 0.718. The third kappa shape index (κ3) is 2.72. The Morgan fingerprint density at radius 2 is 1.95 bits per heavy atom. The predicted molar refractivity (Wildman–Crippen MR) is 73.4 cm³/mol. The lowest BCUT2D eigenvalue weighted by Gasteiger charge is -2.33. The summed E-state index contributed by atoms with van der Waals surface area (Å²) in [6.45, 7) is 3.68. The fraction of sp³-hybridized carbons (Fsp3) is 0.500. The maximum atomic E-state index is 12.7. The lowest BCUT2D eigenvalue weighted by molar-refractivity contribution is -0.121. The summed E-state index contributed by atoms with van der Waals surface area (Å²) in [5, 5.41) is 0. The van der Waals surface area contributed by atoms with Gasteiger partial charge in [0.25, 0.3) is 0 Å². The number of hydrogen-bond acceptors (Lipinski definition) is 3. The molecule has 1 aromatic rings. The van der Waals surface area contributed by atoms with Crippen molar-refractivity contribution in [1.29, 1.82) is 0 Å². The third-order valence-electron chi connectivity index (χ3n) is 3.60. The number of ketones is 1. The smallest absolute Gasteiger partial charge is 0.243 e. The molecule has 0 bridgehead atoms. The number of aryl methyl sites for hydroxylation is 1. The van der Waals surface area contributed by atoms with Crippen molar-refractivity contribution in [3.63, 3.8) is 0 Å². The van der Waals surface area contributed by atoms with Crippen LogP contribution in [0.25, 0.3) is 0 Å². The zero-order valence-electron chi connectivity index (χ0n) is 11.3. The molecule has 1 aromatic carbocycles. The van der Waals surface area contributed by atoms with Crippen LogP contribution in [0.2, 0.25) is 0 Å². The molecule has 1 saturated heterocycles. The van der Waals surface area contributed by atoms with Gasteiger partial charge in [-0.1, -0.05) is 24.6 Å². The van der Waals surface area contributed by atoms with E-state index in [0.717, 1.165) is 18.4 Å². The van der Waals surface area contributed by atoms with E-state index in [9.17, 15) is 13.2 Å². The van der Waals surface area contributed by atoms with E-state index in [4.69, 9.17) is 0 Å². The van der Waals surface area contributed by atoms with Crippen LogP contribution in [0.3, 0.4) is 0 Å². The van der Waals surface area contributed by atoms with E-state index in [0.29, 0.717) is 17.9 Å². The fourth-order valence-corrected chi connectivity index (χ4v) is 4.51. The second-order valence-corrected chi connectivity index (χ2v) is 6.86. The minimum atomic E-state index is -3.57. The highest BCUT2D eigenvalue weighted by atomic mass is 32.2. The average molecular weight is 281 g/mol. The van der Waals surface area contributed by atoms with Gasteiger partial charge >= 0.3 is 0 Å². The lowest BCUT2D eigenvalue weighted by Crippen LogP contribution is -2.47. The maximum absolute atomic E-state index is 12.7. The summed E-state index contributed by atoms with van der Waals surface area (Å²) in [5.74, 6) is -0.0724. The Labute approximate surface area is 114 Å². The van der Waals surface area contributed by atoms with Crippen molar-refractivity contribution in [2.24, 2.45) is 0 Å². The van der Waals surface area contributed by atoms with E-state index >= 15 is 0 Å². The molecule has 2 rings (SSSR count). The van der Waals surface area contributed by atoms with Gasteiger partial charge in [-0.15, -0.1) is 0 Å². The Morgan fingerprint density at radius 1 is 1.26 bits per heavy atom. The molecule has 0 aromatic heterocycles. The number of rotatable bonds is 3. The van der Waals surface area contributed by atoms with E-state index in [2.05, 4.69) is 0 Å². The normalized spacial score (nSPS) is 21.3. The van der Waals surface area contributed by atoms with E-state index in [1.54, 1.807) is 25.1 Å². The van der Waals surface area contributed by atoms with Crippen LogP contribution in [-0.2, 0) is 14.8 Å². The van der Waals surface area contributed by atoms with Crippen molar-refractivity contribution < 1.29 is 13.2 Å². The van der Waals surface area contributed by atoms with E-state index < -0.39 is 16.1 Å². The minimum absolute atomic E-state index is 0.0724. The molecular weight excluding hydrogens is 262 g/mol. The summed E-state index contributed by atoms with van der Waals surface area (Å²) in [4.78, 5) is 12.0. The van der Waals surface area contributed by atoms with Crippen molar-refractivity contribution in [3.8, 4) is 0 Å². The number of carbonyl (C=O) groups excluding carboxylic acids is 1. The number of nitrogens with zero attached hydrogens (tertiary/aromatic N) is 1. The summed E-state index contributed by atoms with van der Waals surface area (Å²) in [6.07, 6.45) is 2.35. The molecule has 0 N–H and O–H groups in total. The highest BCUT2D eigenvalue weighted by Gasteiger charge is 2.36. The molecule has 0 spiro atoms. The highest BCUT2D eigenvalue weighted by Crippen LogP contribution is 2.27. The lowest BCUT2D eigenvalue weighted by atomic mass is 10.0. The summed E-state index contributed by atoms with van der Waals surface area (Å²) in [6, 6.07) is 6.41. The van der Waals surface area contributed by atoms with Crippen LogP contribution in [0.1, 0.15) is 31.7 Å². The number of carbonyl (C=O) groups is 1. The van der Waals surface area contributed by atoms with Crippen molar-refractivity contribution >= 4 is 15.8 Å². The van der Waals surface area contributed by atoms with E-state index in [1.165, 1.54) is 11.2 Å². The van der Waals surface area contributed by atoms with E-state index in [-0.39, 0.29) is 5.78 Å². The van der Waals surface area contributed by atoms with Gasteiger partial charge in [-0.3, -0.25) is 4.79 Å². The Hall–Kier alpha value is -1.20. The van der Waals surface area contributed by atoms with Gasteiger partial charge in [0.05, 0.1) is 10.9 Å². The van der Waals surface area contributed by atoms with Crippen molar-refractivity contribution in [2.75, 3.05) is 6.54 Å². The van der Waals surface area contributed by atoms with Gasteiger partial charge in [0, 0.05) is 6.54 Å². The molecule has 19 heavy (non-hydrogen) atoms. The Kier molecular flexibility index (Phi) is 4.06. The minimum Gasteiger partial charge on any atom is -0.298 e. The molecule has 5 heteroatoms. The Morgan fingerprint density at radius 3 is 2.58 bits per heavy atom. The number of piperidine rings is 1. The van der Waals surface area contributed by atoms with Gasteiger partial charge in [-0.2, -0.15) is 4.31 Å². The zero-order chi connectivity index (χ0) is 14.0. The number of Topliss-reactive ketones (excluding diaryl/α,β-unsaturated/α-hetero) is 1. The topological polar surface area (TPSA) is 54.5 Å². The fourth-order valence-electron chi connectivity index (χ4n) is 2.57. The quantitative estimate of drug-likeness (QED) is 0.853. The second-order valence-electron chi connectivity index (χ2n) is 5.00. The van der Waals surface area contributed by atoms with Crippen molar-refractivity contribution in [2.45, 2.75) is 44.0 Å². The molecule has 0 aliphatic carbocycles. The summed E-state index contributed by atoms with van der Waals surface area (Å²) in [7, 11) is -3.57. The van der Waals surface area contributed by atoms with E-state index in [1.807, 2.05) is 6.07 Å². The third-order valence-corrected chi connectivity index (χ3v) is 5.67. The van der Waals surface area contributed by atoms with Gasteiger partial charge in [-0.25, -0.2) is 8.42 Å². The Bertz CT molecular complexity index is 580. The molecule has 1 unspecified atom stereocenters. The standard InChI is InChI=1S/C14H19NO3S/c1-11-7-3-4-9-14(11)19(17,18)15-10-6-5-8-13(15)12(2)16/h3-4,7,9,13H,5-6,8,10H2,1-2H3. The molecule has 1 atom stereocenters. The van der Waals surface area contributed by atoms with Crippen molar-refractivity contribution in [1.82, 2.24) is 4.31 Å². The summed E-state index contributed by atoms with van der Waals surface area (Å²) >= 11 is 0. The largest absolute Gasteiger partial charge is 0.298 e. The maximum Gasteiger partial charge on any atom is 0.243 e. The van der Waals surface area contributed by atoms with Gasteiger partial charge in [0.15, 0.2) is 0 Å². The monoisotopic (exact) mass is 281 g/mol. The second kappa shape index (κ2) is 5.43. The number of benzene rings is 1. The molecule has 0 radical (unpaired) electrons. The molecule has 1 heterocycles. The Balaban J connectivity index is 2.43. The van der Waals surface area contributed by atoms with Crippen LogP contribution in [0.4, 0.5) is 0 Å². The molecule has 1 fully saturated rings. The van der Waals surface area contributed by atoms with Crippen LogP contribution in [0.15, 0.2) is 29.2 Å². The first-order valence-electron chi connectivity index (χ1n) is 6.52. The molecule has 104 valence electrons. The first-order chi connectivity index (χ1) is 8.94. The molecular formula is C14H19NO3S. The molecule has 0 saturated carbocycles. The first-order valence-corrected chi connectivity index (χ1v) is 7.96. The molecule has 0 amide bonds. The highest BCUT2D eigenvalue weighted by molar-refractivity contribution is 7.89. The first kappa shape index (κ1) is 14.2. The SMILES string of the molecule is CC(=O)C1CCCCN1S(=O)(=O)c1ccccc1C. The van der Waals surface area contributed by atoms with Crippen LogP contribution in [-0.4, -0.2) is 31.1 Å². The number of hydrogen-bond donors (Lipinski definition) is 0. The number of sulfonamides is 1. The van der Waals surface area contributed by atoms with Crippen LogP contribution < -0.4 is 0 Å². The van der Waals surface area contributed by atoms with Gasteiger partial charge in [0.2, 0.25) is 10.0 Å². The van der Waals surface area contributed by atoms with Crippen LogP contribution in [0, 0.1) is 6.92 Å². The zero-order valence-corrected chi connectivity index (χ0v) is 12.1. The molecule has 1 aliphatic rings. The molecule has 1 aliphatic heterocycles. The average Bonchev–Trinajstić information content (AvgIpc) is 2.39. The van der Waals surface area contributed by atoms with Crippen LogP contribution in [0.5, 0.6) is 0 Å². The predicted octanol–water partition coefficient (Wildman–Crippen LogP) is 2.13. The van der Waals surface area contributed by atoms with Crippen LogP contribution >= 0.6 is 0 Å². The summed E-state index contributed by atoms with van der Waals surface area (Å²) < 4.78 is 26.8. The van der Waals surface area contributed by atoms with Gasteiger partial charge < -0.3 is 0 Å². The van der Waals surface area contributed by atoms with Gasteiger partial charge in [-0.05, 0) is 38.3 Å². The van der Waals surface area contributed by atoms with Crippen molar-refractivity contribution in [3.05, 3.63) is 29.8 Å². The molecule has 4 nitrogen and oxygen atoms in total.